The normalized spacial score (nSPS) is 12.4. The van der Waals surface area contributed by atoms with Crippen LogP contribution >= 0.6 is 0 Å². The molecule has 1 unspecified atom stereocenters. The highest BCUT2D eigenvalue weighted by Gasteiger charge is 2.03. The molecule has 2 N–H and O–H groups in total. The van der Waals surface area contributed by atoms with Gasteiger partial charge in [0, 0.05) is 28.7 Å². The highest BCUT2D eigenvalue weighted by molar-refractivity contribution is 7.84. The van der Waals surface area contributed by atoms with Gasteiger partial charge in [0.15, 0.2) is 0 Å². The molecule has 0 aliphatic carbocycles. The third-order valence-corrected chi connectivity index (χ3v) is 3.85. The van der Waals surface area contributed by atoms with Crippen LogP contribution in [0.5, 0.6) is 5.75 Å². The number of benzene rings is 1. The Bertz CT molecular complexity index is 355. The number of ether oxygens (including phenoxy) is 1. The Hall–Kier alpha value is -0.870. The Morgan fingerprint density at radius 3 is 2.76 bits per heavy atom. The first-order chi connectivity index (χ1) is 8.27. The maximum Gasteiger partial charge on any atom is 0.123 e. The molecule has 1 aromatic carbocycles. The lowest BCUT2D eigenvalue weighted by atomic mass is 10.2. The van der Waals surface area contributed by atoms with Crippen LogP contribution in [0.15, 0.2) is 24.3 Å². The number of hydrogen-bond acceptors (Lipinski definition) is 3. The van der Waals surface area contributed by atoms with Gasteiger partial charge in [-0.05, 0) is 12.5 Å². The van der Waals surface area contributed by atoms with E-state index in [-0.39, 0.29) is 0 Å². The first-order valence-electron chi connectivity index (χ1n) is 6.03. The van der Waals surface area contributed by atoms with Gasteiger partial charge in [-0.2, -0.15) is 0 Å². The molecule has 0 saturated heterocycles. The van der Waals surface area contributed by atoms with Crippen LogP contribution in [-0.4, -0.2) is 22.3 Å². The van der Waals surface area contributed by atoms with Gasteiger partial charge in [-0.1, -0.05) is 31.5 Å². The first kappa shape index (κ1) is 14.2. The maximum absolute atomic E-state index is 11.6. The molecular formula is C13H21NO2S. The van der Waals surface area contributed by atoms with Crippen LogP contribution in [0.25, 0.3) is 0 Å². The maximum atomic E-state index is 11.6. The second-order valence-electron chi connectivity index (χ2n) is 3.86. The van der Waals surface area contributed by atoms with Crippen molar-refractivity contribution in [3.63, 3.8) is 0 Å². The van der Waals surface area contributed by atoms with Crippen molar-refractivity contribution >= 4 is 10.8 Å². The Labute approximate surface area is 106 Å². The number of para-hydroxylation sites is 1. The van der Waals surface area contributed by atoms with Gasteiger partial charge in [0.1, 0.15) is 5.75 Å². The smallest absolute Gasteiger partial charge is 0.123 e. The van der Waals surface area contributed by atoms with Crippen LogP contribution in [0, 0.1) is 0 Å². The largest absolute Gasteiger partial charge is 0.492 e. The lowest BCUT2D eigenvalue weighted by Crippen LogP contribution is -2.12. The molecule has 0 saturated carbocycles. The van der Waals surface area contributed by atoms with E-state index in [4.69, 9.17) is 10.5 Å². The summed E-state index contributed by atoms with van der Waals surface area (Å²) in [4.78, 5) is 0. The molecule has 4 heteroatoms. The summed E-state index contributed by atoms with van der Waals surface area (Å²) in [5.41, 5.74) is 6.60. The quantitative estimate of drug-likeness (QED) is 0.773. The fourth-order valence-electron chi connectivity index (χ4n) is 1.47. The van der Waals surface area contributed by atoms with Crippen LogP contribution in [0.4, 0.5) is 0 Å². The van der Waals surface area contributed by atoms with Crippen molar-refractivity contribution < 1.29 is 8.95 Å². The average molecular weight is 255 g/mol. The summed E-state index contributed by atoms with van der Waals surface area (Å²) in [5, 5.41) is 0. The summed E-state index contributed by atoms with van der Waals surface area (Å²) in [6, 6.07) is 7.71. The molecule has 0 fully saturated rings. The van der Waals surface area contributed by atoms with Gasteiger partial charge in [-0.15, -0.1) is 0 Å². The summed E-state index contributed by atoms with van der Waals surface area (Å²) in [7, 11) is -0.758. The third-order valence-electron chi connectivity index (χ3n) is 2.49. The highest BCUT2D eigenvalue weighted by Crippen LogP contribution is 2.16. The van der Waals surface area contributed by atoms with Crippen molar-refractivity contribution in [1.29, 1.82) is 0 Å². The summed E-state index contributed by atoms with van der Waals surface area (Å²) in [6.07, 6.45) is 2.11. The van der Waals surface area contributed by atoms with Crippen LogP contribution in [0.1, 0.15) is 25.3 Å². The van der Waals surface area contributed by atoms with Gasteiger partial charge in [-0.3, -0.25) is 4.21 Å². The lowest BCUT2D eigenvalue weighted by molar-refractivity contribution is 0.339. The molecule has 0 spiro atoms. The summed E-state index contributed by atoms with van der Waals surface area (Å²) >= 11 is 0. The predicted octanol–water partition coefficient (Wildman–Crippen LogP) is 2.07. The van der Waals surface area contributed by atoms with Crippen LogP contribution in [0.2, 0.25) is 0 Å². The summed E-state index contributed by atoms with van der Waals surface area (Å²) in [6.45, 7) is 3.06. The number of unbranched alkanes of at least 4 members (excludes halogenated alkanes) is 1. The van der Waals surface area contributed by atoms with E-state index in [2.05, 4.69) is 6.92 Å². The lowest BCUT2D eigenvalue weighted by Gasteiger charge is -2.09. The Morgan fingerprint density at radius 1 is 1.29 bits per heavy atom. The molecule has 0 aliphatic rings. The minimum absolute atomic E-state index is 0.467. The van der Waals surface area contributed by atoms with Crippen molar-refractivity contribution in [3.8, 4) is 5.75 Å². The van der Waals surface area contributed by atoms with Gasteiger partial charge in [0.05, 0.1) is 12.4 Å². The van der Waals surface area contributed by atoms with Gasteiger partial charge in [0.25, 0.3) is 0 Å². The highest BCUT2D eigenvalue weighted by atomic mass is 32.2. The van der Waals surface area contributed by atoms with Gasteiger partial charge in [0.2, 0.25) is 0 Å². The van der Waals surface area contributed by atoms with Crippen molar-refractivity contribution in [2.24, 2.45) is 5.73 Å². The van der Waals surface area contributed by atoms with Gasteiger partial charge >= 0.3 is 0 Å². The van der Waals surface area contributed by atoms with Gasteiger partial charge < -0.3 is 10.5 Å². The Balaban J connectivity index is 2.33. The van der Waals surface area contributed by atoms with Crippen molar-refractivity contribution in [3.05, 3.63) is 29.8 Å². The Kier molecular flexibility index (Phi) is 6.89. The minimum atomic E-state index is -0.758. The van der Waals surface area contributed by atoms with Crippen molar-refractivity contribution in [1.82, 2.24) is 0 Å². The fraction of sp³-hybridized carbons (Fsp3) is 0.538. The van der Waals surface area contributed by atoms with Crippen molar-refractivity contribution in [2.75, 3.05) is 18.1 Å². The fourth-order valence-corrected chi connectivity index (χ4v) is 2.55. The molecule has 0 amide bonds. The van der Waals surface area contributed by atoms with E-state index in [0.29, 0.717) is 18.9 Å². The zero-order valence-electron chi connectivity index (χ0n) is 10.4. The molecule has 0 aliphatic heterocycles. The average Bonchev–Trinajstić information content (AvgIpc) is 2.37. The zero-order chi connectivity index (χ0) is 12.5. The predicted molar refractivity (Wildman–Crippen MR) is 72.6 cm³/mol. The molecular weight excluding hydrogens is 234 g/mol. The molecule has 1 atom stereocenters. The SMILES string of the molecule is CCCCS(=O)CCOc1ccccc1CN. The first-order valence-corrected chi connectivity index (χ1v) is 7.52. The number of rotatable bonds is 8. The summed E-state index contributed by atoms with van der Waals surface area (Å²) < 4.78 is 17.2. The van der Waals surface area contributed by atoms with E-state index < -0.39 is 10.8 Å². The Morgan fingerprint density at radius 2 is 2.06 bits per heavy atom. The molecule has 96 valence electrons. The third kappa shape index (κ3) is 5.33. The topological polar surface area (TPSA) is 52.3 Å². The molecule has 3 nitrogen and oxygen atoms in total. The minimum Gasteiger partial charge on any atom is -0.492 e. The standard InChI is InChI=1S/C13H21NO2S/c1-2-3-9-17(15)10-8-16-13-7-5-4-6-12(13)11-14/h4-7H,2-3,8-11,14H2,1H3. The molecule has 0 aromatic heterocycles. The number of hydrogen-bond donors (Lipinski definition) is 1. The van der Waals surface area contributed by atoms with E-state index in [1.807, 2.05) is 24.3 Å². The van der Waals surface area contributed by atoms with E-state index in [9.17, 15) is 4.21 Å². The van der Waals surface area contributed by atoms with Crippen LogP contribution in [-0.2, 0) is 17.3 Å². The second kappa shape index (κ2) is 8.25. The molecule has 1 aromatic rings. The molecule has 17 heavy (non-hydrogen) atoms. The van der Waals surface area contributed by atoms with Crippen LogP contribution < -0.4 is 10.5 Å². The van der Waals surface area contributed by atoms with E-state index in [1.165, 1.54) is 0 Å². The molecule has 0 heterocycles. The van der Waals surface area contributed by atoms with E-state index in [0.717, 1.165) is 29.9 Å². The van der Waals surface area contributed by atoms with Crippen molar-refractivity contribution in [2.45, 2.75) is 26.3 Å². The monoisotopic (exact) mass is 255 g/mol. The summed E-state index contributed by atoms with van der Waals surface area (Å²) in [5.74, 6) is 2.18. The van der Waals surface area contributed by atoms with E-state index >= 15 is 0 Å². The van der Waals surface area contributed by atoms with Gasteiger partial charge in [-0.25, -0.2) is 0 Å². The second-order valence-corrected chi connectivity index (χ2v) is 5.56. The van der Waals surface area contributed by atoms with E-state index in [1.54, 1.807) is 0 Å². The molecule has 0 radical (unpaired) electrons. The van der Waals surface area contributed by atoms with Crippen LogP contribution in [0.3, 0.4) is 0 Å². The molecule has 1 rings (SSSR count). The molecule has 0 bridgehead atoms. The zero-order valence-corrected chi connectivity index (χ0v) is 11.2. The number of nitrogens with two attached hydrogens (primary N) is 1.